The molecule has 0 aliphatic carbocycles. The first-order chi connectivity index (χ1) is 16.1. The van der Waals surface area contributed by atoms with Crippen LogP contribution in [0.15, 0.2) is 90.0 Å². The second kappa shape index (κ2) is 7.38. The third kappa shape index (κ3) is 3.03. The van der Waals surface area contributed by atoms with Crippen LogP contribution in [-0.4, -0.2) is 24.1 Å². The molecule has 0 saturated carbocycles. The van der Waals surface area contributed by atoms with Crippen LogP contribution in [0.1, 0.15) is 24.1 Å². The summed E-state index contributed by atoms with van der Waals surface area (Å²) in [5, 5.41) is 0.482. The third-order valence-electron chi connectivity index (χ3n) is 6.15. The van der Waals surface area contributed by atoms with Crippen LogP contribution in [0.25, 0.3) is 38.9 Å². The second-order valence-electron chi connectivity index (χ2n) is 8.30. The Balaban J connectivity index is 1.73. The van der Waals surface area contributed by atoms with Gasteiger partial charge in [-0.3, -0.25) is 13.9 Å². The van der Waals surface area contributed by atoms with Crippen molar-refractivity contribution >= 4 is 33.2 Å². The normalized spacial score (nSPS) is 12.5. The fraction of sp³-hybridized carbons (Fsp3) is 0.111. The molecule has 160 valence electrons. The van der Waals surface area contributed by atoms with E-state index >= 15 is 0 Å². The first kappa shape index (κ1) is 19.4. The molecule has 0 aliphatic rings. The largest absolute Gasteiger partial charge is 0.291 e. The molecule has 33 heavy (non-hydrogen) atoms. The SMILES string of the molecule is Cc1cccc(-n2c3nc4ccccc4nc3c3c(=O)n([C@@H](C)c4ccccc4)cnc32)c1. The van der Waals surface area contributed by atoms with Gasteiger partial charge in [0.1, 0.15) is 17.2 Å². The van der Waals surface area contributed by atoms with Crippen molar-refractivity contribution < 1.29 is 0 Å². The molecule has 0 bridgehead atoms. The predicted molar refractivity (Wildman–Crippen MR) is 131 cm³/mol. The number of fused-ring (bicyclic) bond motifs is 4. The molecule has 3 aromatic heterocycles. The van der Waals surface area contributed by atoms with E-state index in [9.17, 15) is 4.79 Å². The van der Waals surface area contributed by atoms with Crippen molar-refractivity contribution in [2.45, 2.75) is 19.9 Å². The third-order valence-corrected chi connectivity index (χ3v) is 6.15. The lowest BCUT2D eigenvalue weighted by molar-refractivity contribution is 0.608. The van der Waals surface area contributed by atoms with E-state index in [2.05, 4.69) is 6.07 Å². The number of aromatic nitrogens is 5. The summed E-state index contributed by atoms with van der Waals surface area (Å²) in [5.41, 5.74) is 6.22. The summed E-state index contributed by atoms with van der Waals surface area (Å²) < 4.78 is 3.62. The zero-order chi connectivity index (χ0) is 22.5. The number of benzene rings is 3. The van der Waals surface area contributed by atoms with Crippen LogP contribution in [0, 0.1) is 6.92 Å². The van der Waals surface area contributed by atoms with Gasteiger partial charge in [-0.25, -0.2) is 15.0 Å². The summed E-state index contributed by atoms with van der Waals surface area (Å²) >= 11 is 0. The van der Waals surface area contributed by atoms with Gasteiger partial charge >= 0.3 is 0 Å². The van der Waals surface area contributed by atoms with Gasteiger partial charge in [-0.2, -0.15) is 0 Å². The van der Waals surface area contributed by atoms with Crippen LogP contribution in [-0.2, 0) is 0 Å². The fourth-order valence-electron chi connectivity index (χ4n) is 4.43. The van der Waals surface area contributed by atoms with Crippen molar-refractivity contribution in [3.63, 3.8) is 0 Å². The quantitative estimate of drug-likeness (QED) is 0.386. The van der Waals surface area contributed by atoms with Gasteiger partial charge < -0.3 is 0 Å². The Morgan fingerprint density at radius 1 is 0.818 bits per heavy atom. The molecule has 0 N–H and O–H groups in total. The number of hydrogen-bond donors (Lipinski definition) is 0. The van der Waals surface area contributed by atoms with Crippen LogP contribution in [0.3, 0.4) is 0 Å². The molecule has 0 aliphatic heterocycles. The van der Waals surface area contributed by atoms with Crippen molar-refractivity contribution in [1.82, 2.24) is 24.1 Å². The minimum Gasteiger partial charge on any atom is -0.291 e. The van der Waals surface area contributed by atoms with Gasteiger partial charge in [0.05, 0.1) is 17.1 Å². The fourth-order valence-corrected chi connectivity index (χ4v) is 4.43. The molecule has 6 aromatic rings. The van der Waals surface area contributed by atoms with Crippen molar-refractivity contribution in [2.24, 2.45) is 0 Å². The Bertz CT molecular complexity index is 1720. The van der Waals surface area contributed by atoms with E-state index in [-0.39, 0.29) is 11.6 Å². The van der Waals surface area contributed by atoms with Crippen molar-refractivity contribution in [3.05, 3.63) is 107 Å². The zero-order valence-corrected chi connectivity index (χ0v) is 18.3. The maximum Gasteiger partial charge on any atom is 0.265 e. The Kier molecular flexibility index (Phi) is 4.33. The van der Waals surface area contributed by atoms with Crippen LogP contribution >= 0.6 is 0 Å². The topological polar surface area (TPSA) is 65.6 Å². The monoisotopic (exact) mass is 431 g/mol. The molecule has 6 heteroatoms. The number of aryl methyl sites for hydroxylation is 1. The van der Waals surface area contributed by atoms with Gasteiger partial charge in [0, 0.05) is 5.69 Å². The van der Waals surface area contributed by atoms with Gasteiger partial charge in [-0.05, 0) is 49.2 Å². The summed E-state index contributed by atoms with van der Waals surface area (Å²) in [4.78, 5) is 28.4. The van der Waals surface area contributed by atoms with Gasteiger partial charge in [-0.15, -0.1) is 0 Å². The Hall–Kier alpha value is -4.32. The number of hydrogen-bond acceptors (Lipinski definition) is 4. The molecule has 0 amide bonds. The minimum atomic E-state index is -0.165. The average molecular weight is 431 g/mol. The molecule has 3 heterocycles. The standard InChI is InChI=1S/C27H21N5O/c1-17-9-8-12-20(15-17)32-25-23(24-26(32)30-22-14-7-6-13-21(22)29-24)27(33)31(16-28-25)18(2)19-10-4-3-5-11-19/h3-16,18H,1-2H3/t18-/m0/s1. The lowest BCUT2D eigenvalue weighted by Gasteiger charge is -2.15. The van der Waals surface area contributed by atoms with Crippen LogP contribution in [0.5, 0.6) is 0 Å². The lowest BCUT2D eigenvalue weighted by Crippen LogP contribution is -2.24. The van der Waals surface area contributed by atoms with Crippen LogP contribution in [0.4, 0.5) is 0 Å². The van der Waals surface area contributed by atoms with Crippen LogP contribution in [0.2, 0.25) is 0 Å². The van der Waals surface area contributed by atoms with Crippen LogP contribution < -0.4 is 5.56 Å². The summed E-state index contributed by atoms with van der Waals surface area (Å²) in [5.74, 6) is 0. The van der Waals surface area contributed by atoms with Gasteiger partial charge in [-0.1, -0.05) is 54.6 Å². The molecule has 0 unspecified atom stereocenters. The molecule has 1 atom stereocenters. The molecule has 0 spiro atoms. The first-order valence-corrected chi connectivity index (χ1v) is 10.9. The van der Waals surface area contributed by atoms with E-state index in [0.29, 0.717) is 22.2 Å². The summed E-state index contributed by atoms with van der Waals surface area (Å²) in [6.45, 7) is 4.05. The highest BCUT2D eigenvalue weighted by atomic mass is 16.1. The van der Waals surface area contributed by atoms with E-state index in [4.69, 9.17) is 15.0 Å². The Morgan fingerprint density at radius 2 is 1.55 bits per heavy atom. The number of rotatable bonds is 3. The summed E-state index contributed by atoms with van der Waals surface area (Å²) in [6.07, 6.45) is 1.63. The highest BCUT2D eigenvalue weighted by molar-refractivity contribution is 6.05. The Labute approximate surface area is 189 Å². The molecular formula is C27H21N5O. The molecule has 6 nitrogen and oxygen atoms in total. The molecule has 3 aromatic carbocycles. The Morgan fingerprint density at radius 3 is 2.30 bits per heavy atom. The van der Waals surface area contributed by atoms with Crippen molar-refractivity contribution in [1.29, 1.82) is 0 Å². The molecule has 0 fully saturated rings. The van der Waals surface area contributed by atoms with Crippen molar-refractivity contribution in [3.8, 4) is 5.69 Å². The van der Waals surface area contributed by atoms with E-state index < -0.39 is 0 Å². The number of para-hydroxylation sites is 2. The first-order valence-electron chi connectivity index (χ1n) is 10.9. The predicted octanol–water partition coefficient (Wildman–Crippen LogP) is 5.20. The summed E-state index contributed by atoms with van der Waals surface area (Å²) in [6, 6.07) is 25.6. The second-order valence-corrected chi connectivity index (χ2v) is 8.30. The van der Waals surface area contributed by atoms with E-state index in [1.54, 1.807) is 10.9 Å². The smallest absolute Gasteiger partial charge is 0.265 e. The van der Waals surface area contributed by atoms with E-state index in [1.807, 2.05) is 91.2 Å². The maximum atomic E-state index is 13.8. The highest BCUT2D eigenvalue weighted by Gasteiger charge is 2.22. The number of nitrogens with zero attached hydrogens (tertiary/aromatic N) is 5. The molecule has 0 saturated heterocycles. The van der Waals surface area contributed by atoms with E-state index in [1.165, 1.54) is 0 Å². The summed E-state index contributed by atoms with van der Waals surface area (Å²) in [7, 11) is 0. The van der Waals surface area contributed by atoms with Gasteiger partial charge in [0.2, 0.25) is 0 Å². The lowest BCUT2D eigenvalue weighted by atomic mass is 10.1. The molecular weight excluding hydrogens is 410 g/mol. The van der Waals surface area contributed by atoms with Gasteiger partial charge in [0.15, 0.2) is 11.3 Å². The highest BCUT2D eigenvalue weighted by Crippen LogP contribution is 2.29. The molecule has 6 rings (SSSR count). The molecule has 0 radical (unpaired) electrons. The van der Waals surface area contributed by atoms with Gasteiger partial charge in [0.25, 0.3) is 5.56 Å². The zero-order valence-electron chi connectivity index (χ0n) is 18.3. The van der Waals surface area contributed by atoms with Crippen molar-refractivity contribution in [2.75, 3.05) is 0 Å². The van der Waals surface area contributed by atoms with E-state index in [0.717, 1.165) is 27.8 Å². The average Bonchev–Trinajstić information content (AvgIpc) is 3.17. The maximum absolute atomic E-state index is 13.8. The minimum absolute atomic E-state index is 0.127.